The van der Waals surface area contributed by atoms with E-state index in [0.29, 0.717) is 0 Å². The van der Waals surface area contributed by atoms with E-state index in [1.165, 1.54) is 17.6 Å². The summed E-state index contributed by atoms with van der Waals surface area (Å²) >= 11 is 0. The summed E-state index contributed by atoms with van der Waals surface area (Å²) in [7, 11) is 0. The van der Waals surface area contributed by atoms with Gasteiger partial charge in [-0.3, -0.25) is 0 Å². The molecule has 1 aromatic carbocycles. The Bertz CT molecular complexity index is 275. The molecule has 0 aliphatic rings. The van der Waals surface area contributed by atoms with Crippen LogP contribution in [0.4, 0.5) is 0 Å². The topological polar surface area (TPSA) is 12.0 Å². The molecule has 0 bridgehead atoms. The van der Waals surface area contributed by atoms with Crippen molar-refractivity contribution in [1.82, 2.24) is 5.32 Å². The van der Waals surface area contributed by atoms with Gasteiger partial charge in [0.05, 0.1) is 0 Å². The summed E-state index contributed by atoms with van der Waals surface area (Å²) in [5.41, 5.74) is 2.66. The van der Waals surface area contributed by atoms with Gasteiger partial charge in [-0.25, -0.2) is 0 Å². The highest BCUT2D eigenvalue weighted by Gasteiger charge is 1.90. The predicted octanol–water partition coefficient (Wildman–Crippen LogP) is 3.09. The van der Waals surface area contributed by atoms with Crippen LogP contribution in [-0.2, 0) is 0 Å². The van der Waals surface area contributed by atoms with Crippen molar-refractivity contribution in [3.05, 3.63) is 41.5 Å². The van der Waals surface area contributed by atoms with E-state index in [9.17, 15) is 0 Å². The summed E-state index contributed by atoms with van der Waals surface area (Å²) in [4.78, 5) is 0. The van der Waals surface area contributed by atoms with E-state index in [0.717, 1.165) is 13.1 Å². The first-order valence-corrected chi connectivity index (χ1v) is 5.26. The van der Waals surface area contributed by atoms with Crippen molar-refractivity contribution in [2.45, 2.75) is 20.3 Å². The highest BCUT2D eigenvalue weighted by atomic mass is 14.8. The van der Waals surface area contributed by atoms with Crippen molar-refractivity contribution in [2.75, 3.05) is 13.1 Å². The van der Waals surface area contributed by atoms with Crippen LogP contribution in [0.2, 0.25) is 0 Å². The molecule has 0 atom stereocenters. The monoisotopic (exact) mass is 189 g/mol. The molecule has 1 heteroatoms. The zero-order chi connectivity index (χ0) is 10.2. The van der Waals surface area contributed by atoms with Crippen LogP contribution in [0.15, 0.2) is 35.9 Å². The summed E-state index contributed by atoms with van der Waals surface area (Å²) < 4.78 is 0. The molecular weight excluding hydrogens is 170 g/mol. The molecule has 0 aromatic heterocycles. The molecule has 0 saturated carbocycles. The first kappa shape index (κ1) is 11.0. The van der Waals surface area contributed by atoms with Crippen molar-refractivity contribution >= 4 is 6.08 Å². The average molecular weight is 189 g/mol. The molecule has 0 spiro atoms. The number of hydrogen-bond donors (Lipinski definition) is 1. The lowest BCUT2D eigenvalue weighted by Crippen LogP contribution is -2.16. The maximum absolute atomic E-state index is 3.39. The fraction of sp³-hybridized carbons (Fsp3) is 0.385. The van der Waals surface area contributed by atoms with Crippen LogP contribution >= 0.6 is 0 Å². The minimum absolute atomic E-state index is 0.989. The van der Waals surface area contributed by atoms with Gasteiger partial charge >= 0.3 is 0 Å². The van der Waals surface area contributed by atoms with Gasteiger partial charge in [-0.15, -0.1) is 0 Å². The van der Waals surface area contributed by atoms with Crippen molar-refractivity contribution in [2.24, 2.45) is 0 Å². The molecular formula is C13H19N. The minimum Gasteiger partial charge on any atom is -0.313 e. The van der Waals surface area contributed by atoms with Crippen LogP contribution in [0.5, 0.6) is 0 Å². The predicted molar refractivity (Wildman–Crippen MR) is 63.3 cm³/mol. The molecule has 0 saturated heterocycles. The summed E-state index contributed by atoms with van der Waals surface area (Å²) in [5, 5.41) is 3.39. The van der Waals surface area contributed by atoms with Crippen LogP contribution in [0.1, 0.15) is 25.8 Å². The second-order valence-electron chi connectivity index (χ2n) is 3.58. The van der Waals surface area contributed by atoms with Gasteiger partial charge in [-0.2, -0.15) is 0 Å². The number of hydrogen-bond acceptors (Lipinski definition) is 1. The van der Waals surface area contributed by atoms with Gasteiger partial charge in [0.2, 0.25) is 0 Å². The molecule has 0 aliphatic heterocycles. The second-order valence-corrected chi connectivity index (χ2v) is 3.58. The summed E-state index contributed by atoms with van der Waals surface area (Å²) in [6, 6.07) is 10.4. The standard InChI is InChI=1S/C13H19N/c1-3-9-14-11-12(2)10-13-7-5-4-6-8-13/h4-8,10,14H,3,9,11H2,1-2H3. The van der Waals surface area contributed by atoms with Gasteiger partial charge in [0.1, 0.15) is 0 Å². The van der Waals surface area contributed by atoms with E-state index in [-0.39, 0.29) is 0 Å². The highest BCUT2D eigenvalue weighted by Crippen LogP contribution is 2.04. The van der Waals surface area contributed by atoms with Crippen LogP contribution in [0, 0.1) is 0 Å². The van der Waals surface area contributed by atoms with E-state index in [2.05, 4.69) is 49.5 Å². The zero-order valence-electron chi connectivity index (χ0n) is 9.09. The summed E-state index contributed by atoms with van der Waals surface area (Å²) in [5.74, 6) is 0. The number of nitrogens with one attached hydrogen (secondary N) is 1. The Balaban J connectivity index is 2.43. The Hall–Kier alpha value is -1.08. The highest BCUT2D eigenvalue weighted by molar-refractivity contribution is 5.52. The Morgan fingerprint density at radius 1 is 1.29 bits per heavy atom. The first-order valence-electron chi connectivity index (χ1n) is 5.26. The SMILES string of the molecule is CCCNCC(C)=Cc1ccccc1. The fourth-order valence-corrected chi connectivity index (χ4v) is 1.35. The van der Waals surface area contributed by atoms with Crippen LogP contribution in [0.25, 0.3) is 6.08 Å². The Kier molecular flexibility index (Phi) is 5.02. The van der Waals surface area contributed by atoms with Gasteiger partial charge in [-0.1, -0.05) is 48.9 Å². The molecule has 0 fully saturated rings. The van der Waals surface area contributed by atoms with Gasteiger partial charge in [0.25, 0.3) is 0 Å². The third-order valence-electron chi connectivity index (χ3n) is 2.04. The van der Waals surface area contributed by atoms with Gasteiger partial charge in [0.15, 0.2) is 0 Å². The quantitative estimate of drug-likeness (QED) is 0.702. The normalized spacial score (nSPS) is 11.7. The van der Waals surface area contributed by atoms with Crippen molar-refractivity contribution < 1.29 is 0 Å². The van der Waals surface area contributed by atoms with Gasteiger partial charge in [0, 0.05) is 6.54 Å². The fourth-order valence-electron chi connectivity index (χ4n) is 1.35. The maximum atomic E-state index is 3.39. The molecule has 0 heterocycles. The Labute approximate surface area is 86.8 Å². The van der Waals surface area contributed by atoms with Crippen molar-refractivity contribution in [3.63, 3.8) is 0 Å². The van der Waals surface area contributed by atoms with E-state index in [1.54, 1.807) is 0 Å². The van der Waals surface area contributed by atoms with E-state index < -0.39 is 0 Å². The molecule has 1 rings (SSSR count). The lowest BCUT2D eigenvalue weighted by atomic mass is 10.1. The molecule has 76 valence electrons. The Morgan fingerprint density at radius 2 is 2.00 bits per heavy atom. The Morgan fingerprint density at radius 3 is 2.64 bits per heavy atom. The average Bonchev–Trinajstić information content (AvgIpc) is 2.20. The van der Waals surface area contributed by atoms with E-state index in [4.69, 9.17) is 0 Å². The van der Waals surface area contributed by atoms with Crippen LogP contribution in [0.3, 0.4) is 0 Å². The summed E-state index contributed by atoms with van der Waals surface area (Å²) in [6.45, 7) is 6.43. The third kappa shape index (κ3) is 4.24. The molecule has 0 unspecified atom stereocenters. The molecule has 0 amide bonds. The van der Waals surface area contributed by atoms with E-state index >= 15 is 0 Å². The molecule has 1 aromatic rings. The largest absolute Gasteiger partial charge is 0.313 e. The molecule has 14 heavy (non-hydrogen) atoms. The zero-order valence-corrected chi connectivity index (χ0v) is 9.09. The molecule has 0 aliphatic carbocycles. The van der Waals surface area contributed by atoms with Crippen LogP contribution < -0.4 is 5.32 Å². The van der Waals surface area contributed by atoms with Gasteiger partial charge in [-0.05, 0) is 25.5 Å². The molecule has 0 radical (unpaired) electrons. The third-order valence-corrected chi connectivity index (χ3v) is 2.04. The van der Waals surface area contributed by atoms with Crippen LogP contribution in [-0.4, -0.2) is 13.1 Å². The minimum atomic E-state index is 0.989. The molecule has 1 nitrogen and oxygen atoms in total. The number of rotatable bonds is 5. The van der Waals surface area contributed by atoms with Gasteiger partial charge < -0.3 is 5.32 Å². The van der Waals surface area contributed by atoms with Crippen molar-refractivity contribution in [1.29, 1.82) is 0 Å². The maximum Gasteiger partial charge on any atom is 0.0165 e. The summed E-state index contributed by atoms with van der Waals surface area (Å²) in [6.07, 6.45) is 3.42. The lowest BCUT2D eigenvalue weighted by Gasteiger charge is -2.03. The smallest absolute Gasteiger partial charge is 0.0165 e. The van der Waals surface area contributed by atoms with E-state index in [1.807, 2.05) is 6.07 Å². The lowest BCUT2D eigenvalue weighted by molar-refractivity contribution is 0.715. The second kappa shape index (κ2) is 6.39. The first-order chi connectivity index (χ1) is 6.83. The molecule has 1 N–H and O–H groups in total. The number of benzene rings is 1. The van der Waals surface area contributed by atoms with Crippen molar-refractivity contribution in [3.8, 4) is 0 Å².